The minimum atomic E-state index is -0.470. The lowest BCUT2D eigenvalue weighted by atomic mass is 10.1. The predicted molar refractivity (Wildman–Crippen MR) is 86.1 cm³/mol. The molecular weight excluding hydrogens is 345 g/mol. The molecule has 0 aliphatic rings. The van der Waals surface area contributed by atoms with E-state index in [0.717, 1.165) is 13.1 Å². The van der Waals surface area contributed by atoms with Gasteiger partial charge in [0.2, 0.25) is 0 Å². The molecule has 0 aliphatic carbocycles. The van der Waals surface area contributed by atoms with Crippen molar-refractivity contribution in [2.24, 2.45) is 11.8 Å². The molecule has 0 spiro atoms. The number of benzene rings is 1. The van der Waals surface area contributed by atoms with Gasteiger partial charge in [-0.15, -0.1) is 0 Å². The van der Waals surface area contributed by atoms with Crippen molar-refractivity contribution in [1.82, 2.24) is 5.32 Å². The van der Waals surface area contributed by atoms with Gasteiger partial charge in [-0.05, 0) is 40.4 Å². The Balaban J connectivity index is 2.73. The molecule has 1 atom stereocenters. The summed E-state index contributed by atoms with van der Waals surface area (Å²) in [5, 5.41) is 3.46. The molecule has 1 unspecified atom stereocenters. The van der Waals surface area contributed by atoms with Crippen LogP contribution in [0, 0.1) is 17.7 Å². The zero-order valence-electron chi connectivity index (χ0n) is 12.3. The fraction of sp³-hybridized carbons (Fsp3) is 0.600. The van der Waals surface area contributed by atoms with Crippen LogP contribution in [-0.2, 0) is 0 Å². The van der Waals surface area contributed by atoms with Crippen LogP contribution in [0.3, 0.4) is 0 Å². The van der Waals surface area contributed by atoms with Crippen molar-refractivity contribution in [3.05, 3.63) is 27.4 Å². The molecule has 114 valence electrons. The fourth-order valence-electron chi connectivity index (χ4n) is 1.69. The summed E-state index contributed by atoms with van der Waals surface area (Å²) in [7, 11) is 0. The van der Waals surface area contributed by atoms with Gasteiger partial charge in [0.05, 0.1) is 9.50 Å². The third kappa shape index (κ3) is 5.58. The molecule has 0 heterocycles. The van der Waals surface area contributed by atoms with Gasteiger partial charge in [-0.2, -0.15) is 0 Å². The van der Waals surface area contributed by atoms with E-state index in [-0.39, 0.29) is 11.1 Å². The van der Waals surface area contributed by atoms with Crippen LogP contribution in [0.4, 0.5) is 4.39 Å². The lowest BCUT2D eigenvalue weighted by molar-refractivity contribution is 0.146. The second-order valence-electron chi connectivity index (χ2n) is 5.65. The summed E-state index contributed by atoms with van der Waals surface area (Å²) in [5.41, 5.74) is 0. The molecule has 0 saturated carbocycles. The molecule has 0 amide bonds. The molecule has 0 aliphatic heterocycles. The lowest BCUT2D eigenvalue weighted by Crippen LogP contribution is -2.37. The van der Waals surface area contributed by atoms with Gasteiger partial charge in [0.1, 0.15) is 17.7 Å². The highest BCUT2D eigenvalue weighted by atomic mass is 79.9. The second kappa shape index (κ2) is 8.20. The third-order valence-electron chi connectivity index (χ3n) is 2.89. The molecule has 20 heavy (non-hydrogen) atoms. The van der Waals surface area contributed by atoms with Gasteiger partial charge in [-0.25, -0.2) is 4.39 Å². The molecular formula is C15H22BrClFNO. The highest BCUT2D eigenvalue weighted by molar-refractivity contribution is 9.10. The Morgan fingerprint density at radius 1 is 1.25 bits per heavy atom. The summed E-state index contributed by atoms with van der Waals surface area (Å²) in [5.74, 6) is 0.919. The van der Waals surface area contributed by atoms with E-state index >= 15 is 0 Å². The molecule has 1 rings (SSSR count). The largest absolute Gasteiger partial charge is 0.488 e. The van der Waals surface area contributed by atoms with E-state index < -0.39 is 5.82 Å². The van der Waals surface area contributed by atoms with Gasteiger partial charge in [0.25, 0.3) is 0 Å². The van der Waals surface area contributed by atoms with Gasteiger partial charge in [-0.3, -0.25) is 0 Å². The first-order valence-corrected chi connectivity index (χ1v) is 8.00. The third-order valence-corrected chi connectivity index (χ3v) is 3.80. The van der Waals surface area contributed by atoms with Crippen LogP contribution in [0.5, 0.6) is 5.75 Å². The van der Waals surface area contributed by atoms with E-state index in [9.17, 15) is 4.39 Å². The Morgan fingerprint density at radius 3 is 2.45 bits per heavy atom. The van der Waals surface area contributed by atoms with Crippen molar-refractivity contribution < 1.29 is 9.13 Å². The van der Waals surface area contributed by atoms with Crippen molar-refractivity contribution in [2.45, 2.75) is 33.8 Å². The zero-order chi connectivity index (χ0) is 15.3. The Hall–Kier alpha value is -0.320. The molecule has 1 aromatic carbocycles. The van der Waals surface area contributed by atoms with Gasteiger partial charge in [0, 0.05) is 12.6 Å². The van der Waals surface area contributed by atoms with E-state index in [0.29, 0.717) is 22.1 Å². The number of rotatable bonds is 7. The molecule has 1 N–H and O–H groups in total. The first-order chi connectivity index (χ1) is 9.31. The van der Waals surface area contributed by atoms with Crippen LogP contribution in [0.25, 0.3) is 0 Å². The quantitative estimate of drug-likeness (QED) is 0.694. The summed E-state index contributed by atoms with van der Waals surface area (Å²) in [6, 6.07) is 2.84. The molecule has 5 heteroatoms. The molecule has 0 saturated heterocycles. The Labute approximate surface area is 134 Å². The molecule has 2 nitrogen and oxygen atoms in total. The average Bonchev–Trinajstić information content (AvgIpc) is 2.33. The van der Waals surface area contributed by atoms with Crippen LogP contribution in [0.2, 0.25) is 5.02 Å². The Morgan fingerprint density at radius 2 is 1.90 bits per heavy atom. The standard InChI is InChI=1S/C15H22BrClFNO/c1-9(2)7-19-8-15(10(3)4)20-14-6-13(18)12(17)5-11(14)16/h5-6,9-10,15,19H,7-8H2,1-4H3. The highest BCUT2D eigenvalue weighted by Crippen LogP contribution is 2.31. The van der Waals surface area contributed by atoms with Crippen LogP contribution >= 0.6 is 27.5 Å². The number of hydrogen-bond acceptors (Lipinski definition) is 2. The summed E-state index contributed by atoms with van der Waals surface area (Å²) in [6.45, 7) is 10.1. The number of nitrogens with one attached hydrogen (secondary N) is 1. The Bertz CT molecular complexity index is 440. The molecule has 1 aromatic rings. The van der Waals surface area contributed by atoms with Crippen molar-refractivity contribution in [1.29, 1.82) is 0 Å². The van der Waals surface area contributed by atoms with Gasteiger partial charge in [0.15, 0.2) is 0 Å². The van der Waals surface area contributed by atoms with Crippen LogP contribution in [0.1, 0.15) is 27.7 Å². The first-order valence-electron chi connectivity index (χ1n) is 6.83. The van der Waals surface area contributed by atoms with Crippen molar-refractivity contribution in [3.63, 3.8) is 0 Å². The van der Waals surface area contributed by atoms with Crippen molar-refractivity contribution >= 4 is 27.5 Å². The van der Waals surface area contributed by atoms with E-state index in [1.54, 1.807) is 0 Å². The van der Waals surface area contributed by atoms with Crippen molar-refractivity contribution in [3.8, 4) is 5.75 Å². The van der Waals surface area contributed by atoms with Gasteiger partial charge >= 0.3 is 0 Å². The summed E-state index contributed by atoms with van der Waals surface area (Å²) in [6.07, 6.45) is -0.0226. The summed E-state index contributed by atoms with van der Waals surface area (Å²) >= 11 is 9.08. The Kier molecular flexibility index (Phi) is 7.27. The number of ether oxygens (including phenoxy) is 1. The summed E-state index contributed by atoms with van der Waals surface area (Å²) < 4.78 is 20.1. The molecule has 0 radical (unpaired) electrons. The minimum absolute atomic E-state index is 0.0226. The number of halogens is 3. The minimum Gasteiger partial charge on any atom is -0.488 e. The van der Waals surface area contributed by atoms with Gasteiger partial charge < -0.3 is 10.1 Å². The fourth-order valence-corrected chi connectivity index (χ4v) is 2.42. The normalized spacial score (nSPS) is 13.1. The SMILES string of the molecule is CC(C)CNCC(Oc1cc(F)c(Cl)cc1Br)C(C)C. The maximum Gasteiger partial charge on any atom is 0.145 e. The predicted octanol–water partition coefficient (Wildman–Crippen LogP) is 4.89. The van der Waals surface area contributed by atoms with E-state index in [1.807, 2.05) is 0 Å². The highest BCUT2D eigenvalue weighted by Gasteiger charge is 2.18. The van der Waals surface area contributed by atoms with E-state index in [1.165, 1.54) is 12.1 Å². The maximum absolute atomic E-state index is 13.5. The topological polar surface area (TPSA) is 21.3 Å². The van der Waals surface area contributed by atoms with Crippen LogP contribution in [0.15, 0.2) is 16.6 Å². The number of hydrogen-bond donors (Lipinski definition) is 1. The first kappa shape index (κ1) is 17.7. The molecule has 0 bridgehead atoms. The summed E-state index contributed by atoms with van der Waals surface area (Å²) in [4.78, 5) is 0. The molecule has 0 fully saturated rings. The average molecular weight is 367 g/mol. The smallest absolute Gasteiger partial charge is 0.145 e. The monoisotopic (exact) mass is 365 g/mol. The van der Waals surface area contributed by atoms with E-state index in [4.69, 9.17) is 16.3 Å². The van der Waals surface area contributed by atoms with Crippen molar-refractivity contribution in [2.75, 3.05) is 13.1 Å². The zero-order valence-corrected chi connectivity index (χ0v) is 14.7. The van der Waals surface area contributed by atoms with Crippen LogP contribution < -0.4 is 10.1 Å². The second-order valence-corrected chi connectivity index (χ2v) is 6.91. The lowest BCUT2D eigenvalue weighted by Gasteiger charge is -2.24. The van der Waals surface area contributed by atoms with Crippen LogP contribution in [-0.4, -0.2) is 19.2 Å². The maximum atomic E-state index is 13.5. The van der Waals surface area contributed by atoms with E-state index in [2.05, 4.69) is 48.9 Å². The van der Waals surface area contributed by atoms with Gasteiger partial charge in [-0.1, -0.05) is 39.3 Å². The molecule has 0 aromatic heterocycles.